The van der Waals surface area contributed by atoms with E-state index >= 15 is 0 Å². The summed E-state index contributed by atoms with van der Waals surface area (Å²) in [5, 5.41) is 13.1. The summed E-state index contributed by atoms with van der Waals surface area (Å²) in [6.07, 6.45) is 4.88. The molecule has 0 spiro atoms. The summed E-state index contributed by atoms with van der Waals surface area (Å²) in [7, 11) is 1.68. The molecule has 0 saturated carbocycles. The van der Waals surface area contributed by atoms with E-state index in [1.807, 2.05) is 6.07 Å². The molecule has 118 valence electrons. The van der Waals surface area contributed by atoms with Crippen molar-refractivity contribution in [3.63, 3.8) is 0 Å². The second-order valence-corrected chi connectivity index (χ2v) is 5.72. The van der Waals surface area contributed by atoms with Crippen molar-refractivity contribution < 1.29 is 9.84 Å². The third-order valence-corrected chi connectivity index (χ3v) is 4.25. The molecule has 1 fully saturated rings. The molecule has 1 saturated heterocycles. The Hall–Kier alpha value is -1.26. The van der Waals surface area contributed by atoms with Gasteiger partial charge in [0, 0.05) is 43.9 Å². The largest absolute Gasteiger partial charge is 0.508 e. The Labute approximate surface area is 128 Å². The van der Waals surface area contributed by atoms with Gasteiger partial charge in [-0.1, -0.05) is 32.3 Å². The van der Waals surface area contributed by atoms with Crippen LogP contribution in [0.4, 0.5) is 0 Å². The molecule has 21 heavy (non-hydrogen) atoms. The van der Waals surface area contributed by atoms with Crippen LogP contribution >= 0.6 is 0 Å². The smallest absolute Gasteiger partial charge is 0.127 e. The lowest BCUT2D eigenvalue weighted by Crippen LogP contribution is -2.45. The van der Waals surface area contributed by atoms with Crippen molar-refractivity contribution in [1.29, 1.82) is 0 Å². The molecule has 4 nitrogen and oxygen atoms in total. The lowest BCUT2D eigenvalue weighted by Gasteiger charge is -2.36. The van der Waals surface area contributed by atoms with E-state index in [1.54, 1.807) is 19.2 Å². The molecule has 4 heteroatoms. The monoisotopic (exact) mass is 292 g/mol. The third-order valence-electron chi connectivity index (χ3n) is 4.25. The number of rotatable bonds is 7. The maximum Gasteiger partial charge on any atom is 0.127 e. The van der Waals surface area contributed by atoms with E-state index in [9.17, 15) is 5.11 Å². The number of hydrogen-bond acceptors (Lipinski definition) is 4. The standard InChI is InChI=1S/C17H28N2O2/c1-3-4-5-6-16(19-11-9-18-10-12-19)15-8-7-14(20)13-17(15)21-2/h7-8,13,16,18,20H,3-6,9-12H2,1-2H3/t16-/m1/s1. The Morgan fingerprint density at radius 3 is 2.71 bits per heavy atom. The Morgan fingerprint density at radius 2 is 2.05 bits per heavy atom. The zero-order valence-electron chi connectivity index (χ0n) is 13.3. The molecule has 0 unspecified atom stereocenters. The fraction of sp³-hybridized carbons (Fsp3) is 0.647. The van der Waals surface area contributed by atoms with Gasteiger partial charge in [-0.2, -0.15) is 0 Å². The summed E-state index contributed by atoms with van der Waals surface area (Å²) >= 11 is 0. The Morgan fingerprint density at radius 1 is 1.29 bits per heavy atom. The summed E-state index contributed by atoms with van der Waals surface area (Å²) in [6, 6.07) is 5.90. The molecule has 1 atom stereocenters. The van der Waals surface area contributed by atoms with Gasteiger partial charge in [0.25, 0.3) is 0 Å². The van der Waals surface area contributed by atoms with Gasteiger partial charge >= 0.3 is 0 Å². The van der Waals surface area contributed by atoms with E-state index in [0.29, 0.717) is 6.04 Å². The number of hydrogen-bond donors (Lipinski definition) is 2. The molecule has 2 N–H and O–H groups in total. The summed E-state index contributed by atoms with van der Waals surface area (Å²) in [6.45, 7) is 6.47. The van der Waals surface area contributed by atoms with Crippen molar-refractivity contribution in [3.8, 4) is 11.5 Å². The molecule has 0 bridgehead atoms. The first kappa shape index (κ1) is 16.1. The van der Waals surface area contributed by atoms with Crippen molar-refractivity contribution in [3.05, 3.63) is 23.8 Å². The predicted octanol–water partition coefficient (Wildman–Crippen LogP) is 2.93. The van der Waals surface area contributed by atoms with Crippen LogP contribution in [-0.4, -0.2) is 43.3 Å². The highest BCUT2D eigenvalue weighted by Crippen LogP contribution is 2.35. The van der Waals surface area contributed by atoms with Crippen molar-refractivity contribution in [2.24, 2.45) is 0 Å². The molecule has 1 aliphatic heterocycles. The molecule has 0 aliphatic carbocycles. The maximum atomic E-state index is 9.67. The molecule has 1 aromatic carbocycles. The first-order valence-corrected chi connectivity index (χ1v) is 8.08. The fourth-order valence-electron chi connectivity index (χ4n) is 3.09. The normalized spacial score (nSPS) is 17.6. The topological polar surface area (TPSA) is 44.7 Å². The molecule has 0 radical (unpaired) electrons. The van der Waals surface area contributed by atoms with E-state index in [-0.39, 0.29) is 5.75 Å². The second-order valence-electron chi connectivity index (χ2n) is 5.72. The van der Waals surface area contributed by atoms with Gasteiger partial charge in [0.2, 0.25) is 0 Å². The van der Waals surface area contributed by atoms with Crippen molar-refractivity contribution in [2.45, 2.75) is 38.6 Å². The van der Waals surface area contributed by atoms with E-state index < -0.39 is 0 Å². The number of aromatic hydroxyl groups is 1. The third kappa shape index (κ3) is 4.35. The molecular weight excluding hydrogens is 264 g/mol. The average Bonchev–Trinajstić information content (AvgIpc) is 2.53. The van der Waals surface area contributed by atoms with Crippen LogP contribution in [-0.2, 0) is 0 Å². The summed E-state index contributed by atoms with van der Waals surface area (Å²) in [5.41, 5.74) is 1.20. The summed E-state index contributed by atoms with van der Waals surface area (Å²) < 4.78 is 5.50. The van der Waals surface area contributed by atoms with Crippen LogP contribution in [0.2, 0.25) is 0 Å². The van der Waals surface area contributed by atoms with Gasteiger partial charge in [0.15, 0.2) is 0 Å². The van der Waals surface area contributed by atoms with Gasteiger partial charge < -0.3 is 15.2 Å². The van der Waals surface area contributed by atoms with Crippen LogP contribution in [0.15, 0.2) is 18.2 Å². The zero-order chi connectivity index (χ0) is 15.1. The molecule has 0 aromatic heterocycles. The minimum Gasteiger partial charge on any atom is -0.508 e. The number of piperazine rings is 1. The first-order chi connectivity index (χ1) is 10.3. The molecule has 0 amide bonds. The number of phenolic OH excluding ortho intramolecular Hbond substituents is 1. The van der Waals surface area contributed by atoms with Crippen molar-refractivity contribution in [1.82, 2.24) is 10.2 Å². The Bertz CT molecular complexity index is 431. The quantitative estimate of drug-likeness (QED) is 0.759. The van der Waals surface area contributed by atoms with E-state index in [2.05, 4.69) is 17.1 Å². The molecule has 1 aromatic rings. The number of unbranched alkanes of at least 4 members (excludes halogenated alkanes) is 2. The number of phenols is 1. The van der Waals surface area contributed by atoms with Crippen LogP contribution < -0.4 is 10.1 Å². The van der Waals surface area contributed by atoms with Gasteiger partial charge in [-0.3, -0.25) is 4.90 Å². The van der Waals surface area contributed by atoms with Gasteiger partial charge in [0.05, 0.1) is 7.11 Å². The fourth-order valence-corrected chi connectivity index (χ4v) is 3.09. The van der Waals surface area contributed by atoms with Crippen LogP contribution in [0.25, 0.3) is 0 Å². The number of nitrogens with one attached hydrogen (secondary N) is 1. The van der Waals surface area contributed by atoms with Crippen LogP contribution in [0.1, 0.15) is 44.2 Å². The highest BCUT2D eigenvalue weighted by molar-refractivity contribution is 5.42. The van der Waals surface area contributed by atoms with Gasteiger partial charge in [-0.05, 0) is 12.5 Å². The number of methoxy groups -OCH3 is 1. The van der Waals surface area contributed by atoms with E-state index in [0.717, 1.165) is 38.3 Å². The number of benzene rings is 1. The average molecular weight is 292 g/mol. The van der Waals surface area contributed by atoms with Crippen LogP contribution in [0.5, 0.6) is 11.5 Å². The highest BCUT2D eigenvalue weighted by Gasteiger charge is 2.24. The summed E-state index contributed by atoms with van der Waals surface area (Å²) in [4.78, 5) is 2.54. The lowest BCUT2D eigenvalue weighted by molar-refractivity contribution is 0.160. The molecular formula is C17H28N2O2. The highest BCUT2D eigenvalue weighted by atomic mass is 16.5. The molecule has 1 aliphatic rings. The Kier molecular flexibility index (Phi) is 6.33. The minimum absolute atomic E-state index is 0.267. The predicted molar refractivity (Wildman–Crippen MR) is 86.0 cm³/mol. The van der Waals surface area contributed by atoms with Crippen LogP contribution in [0, 0.1) is 0 Å². The SMILES string of the molecule is CCCCC[C@H](c1ccc(O)cc1OC)N1CCNCC1. The minimum atomic E-state index is 0.267. The van der Waals surface area contributed by atoms with Crippen molar-refractivity contribution in [2.75, 3.05) is 33.3 Å². The Balaban J connectivity index is 2.20. The first-order valence-electron chi connectivity index (χ1n) is 8.08. The zero-order valence-corrected chi connectivity index (χ0v) is 13.3. The lowest BCUT2D eigenvalue weighted by atomic mass is 9.97. The molecule has 2 rings (SSSR count). The number of ether oxygens (including phenoxy) is 1. The number of nitrogens with zero attached hydrogens (tertiary/aromatic N) is 1. The van der Waals surface area contributed by atoms with Gasteiger partial charge in [-0.25, -0.2) is 0 Å². The summed E-state index contributed by atoms with van der Waals surface area (Å²) in [5.74, 6) is 1.07. The van der Waals surface area contributed by atoms with Gasteiger partial charge in [-0.15, -0.1) is 0 Å². The van der Waals surface area contributed by atoms with Gasteiger partial charge in [0.1, 0.15) is 11.5 Å². The van der Waals surface area contributed by atoms with E-state index in [1.165, 1.54) is 24.8 Å². The van der Waals surface area contributed by atoms with Crippen molar-refractivity contribution >= 4 is 0 Å². The molecule has 1 heterocycles. The van der Waals surface area contributed by atoms with E-state index in [4.69, 9.17) is 4.74 Å². The second kappa shape index (κ2) is 8.25. The van der Waals surface area contributed by atoms with Crippen LogP contribution in [0.3, 0.4) is 0 Å². The maximum absolute atomic E-state index is 9.67.